The van der Waals surface area contributed by atoms with Crippen molar-refractivity contribution in [3.05, 3.63) is 40.1 Å². The van der Waals surface area contributed by atoms with Crippen LogP contribution in [0.15, 0.2) is 34.6 Å². The molecule has 118 valence electrons. The quantitative estimate of drug-likeness (QED) is 0.769. The van der Waals surface area contributed by atoms with Gasteiger partial charge in [0.15, 0.2) is 5.65 Å². The van der Waals surface area contributed by atoms with Gasteiger partial charge in [0, 0.05) is 29.8 Å². The molecule has 2 N–H and O–H groups in total. The predicted octanol–water partition coefficient (Wildman–Crippen LogP) is 2.64. The maximum atomic E-state index is 12.5. The predicted molar refractivity (Wildman–Crippen MR) is 90.9 cm³/mol. The van der Waals surface area contributed by atoms with Gasteiger partial charge < -0.3 is 10.1 Å². The number of anilines is 1. The van der Waals surface area contributed by atoms with Crippen molar-refractivity contribution in [1.29, 1.82) is 0 Å². The van der Waals surface area contributed by atoms with Crippen molar-refractivity contribution >= 4 is 28.3 Å². The summed E-state index contributed by atoms with van der Waals surface area (Å²) in [5.41, 5.74) is 1.14. The lowest BCUT2D eigenvalue weighted by Crippen LogP contribution is -2.22. The molecule has 0 amide bonds. The highest BCUT2D eigenvalue weighted by atomic mass is 32.1. The number of hydrogen-bond acceptors (Lipinski definition) is 6. The molecule has 0 aromatic carbocycles. The first-order chi connectivity index (χ1) is 11.3. The summed E-state index contributed by atoms with van der Waals surface area (Å²) in [4.78, 5) is 25.0. The highest BCUT2D eigenvalue weighted by molar-refractivity contribution is 7.13. The Kier molecular flexibility index (Phi) is 3.80. The first-order valence-corrected chi connectivity index (χ1v) is 8.47. The Balaban J connectivity index is 1.69. The van der Waals surface area contributed by atoms with Crippen LogP contribution in [0.25, 0.3) is 21.5 Å². The third kappa shape index (κ3) is 2.85. The topological polar surface area (TPSA) is 79.9 Å². The molecule has 1 saturated heterocycles. The van der Waals surface area contributed by atoms with E-state index in [4.69, 9.17) is 4.74 Å². The number of pyridine rings is 1. The van der Waals surface area contributed by atoms with E-state index in [9.17, 15) is 4.79 Å². The minimum atomic E-state index is -0.179. The monoisotopic (exact) mass is 328 g/mol. The van der Waals surface area contributed by atoms with Gasteiger partial charge in [-0.3, -0.25) is 9.78 Å². The highest BCUT2D eigenvalue weighted by Gasteiger charge is 2.16. The Morgan fingerprint density at radius 3 is 3.17 bits per heavy atom. The zero-order chi connectivity index (χ0) is 15.6. The average Bonchev–Trinajstić information content (AvgIpc) is 3.26. The van der Waals surface area contributed by atoms with E-state index in [0.717, 1.165) is 29.9 Å². The van der Waals surface area contributed by atoms with E-state index < -0.39 is 0 Å². The second-order valence-corrected chi connectivity index (χ2v) is 6.41. The molecule has 0 saturated carbocycles. The van der Waals surface area contributed by atoms with Crippen LogP contribution >= 0.6 is 11.3 Å². The molecule has 3 aromatic heterocycles. The Labute approximate surface area is 136 Å². The molecule has 7 heteroatoms. The summed E-state index contributed by atoms with van der Waals surface area (Å²) >= 11 is 1.59. The van der Waals surface area contributed by atoms with E-state index in [1.165, 1.54) is 0 Å². The van der Waals surface area contributed by atoms with Crippen molar-refractivity contribution in [2.75, 3.05) is 18.5 Å². The number of H-pyrrole nitrogens is 1. The molecule has 0 bridgehead atoms. The molecule has 3 aromatic rings. The van der Waals surface area contributed by atoms with Crippen molar-refractivity contribution in [3.8, 4) is 10.4 Å². The largest absolute Gasteiger partial charge is 0.376 e. The van der Waals surface area contributed by atoms with Crippen molar-refractivity contribution in [1.82, 2.24) is 15.0 Å². The lowest BCUT2D eigenvalue weighted by atomic mass is 10.1. The third-order valence-electron chi connectivity index (χ3n) is 3.92. The van der Waals surface area contributed by atoms with Crippen LogP contribution in [0.4, 0.5) is 5.95 Å². The van der Waals surface area contributed by atoms with Gasteiger partial charge in [0.1, 0.15) is 0 Å². The van der Waals surface area contributed by atoms with E-state index in [1.54, 1.807) is 17.5 Å². The Hall–Kier alpha value is -2.25. The SMILES string of the molecule is O=c1[nH]c(NCC2CCCO2)nc2nccc(-c3cccs3)c12. The lowest BCUT2D eigenvalue weighted by Gasteiger charge is -2.11. The zero-order valence-electron chi connectivity index (χ0n) is 12.4. The van der Waals surface area contributed by atoms with E-state index in [-0.39, 0.29) is 11.7 Å². The summed E-state index contributed by atoms with van der Waals surface area (Å²) in [7, 11) is 0. The van der Waals surface area contributed by atoms with Crippen molar-refractivity contribution in [2.45, 2.75) is 18.9 Å². The van der Waals surface area contributed by atoms with Gasteiger partial charge >= 0.3 is 0 Å². The van der Waals surface area contributed by atoms with E-state index in [2.05, 4.69) is 20.3 Å². The van der Waals surface area contributed by atoms with Gasteiger partial charge in [0.2, 0.25) is 5.95 Å². The maximum absolute atomic E-state index is 12.5. The number of nitrogens with zero attached hydrogens (tertiary/aromatic N) is 2. The van der Waals surface area contributed by atoms with E-state index >= 15 is 0 Å². The highest BCUT2D eigenvalue weighted by Crippen LogP contribution is 2.28. The normalized spacial score (nSPS) is 17.7. The minimum absolute atomic E-state index is 0.179. The summed E-state index contributed by atoms with van der Waals surface area (Å²) < 4.78 is 5.56. The molecule has 1 unspecified atom stereocenters. The first-order valence-electron chi connectivity index (χ1n) is 7.59. The van der Waals surface area contributed by atoms with Crippen molar-refractivity contribution in [2.24, 2.45) is 0 Å². The van der Waals surface area contributed by atoms with E-state index in [1.807, 2.05) is 23.6 Å². The van der Waals surface area contributed by atoms with Gasteiger partial charge in [-0.2, -0.15) is 4.98 Å². The van der Waals surface area contributed by atoms with E-state index in [0.29, 0.717) is 23.5 Å². The number of ether oxygens (including phenoxy) is 1. The molecule has 23 heavy (non-hydrogen) atoms. The number of nitrogens with one attached hydrogen (secondary N) is 2. The molecule has 4 rings (SSSR count). The number of rotatable bonds is 4. The van der Waals surface area contributed by atoms with Crippen molar-refractivity contribution < 1.29 is 4.74 Å². The number of fused-ring (bicyclic) bond motifs is 1. The van der Waals surface area contributed by atoms with Gasteiger partial charge in [-0.05, 0) is 30.4 Å². The minimum Gasteiger partial charge on any atom is -0.376 e. The number of aromatic amines is 1. The number of hydrogen-bond donors (Lipinski definition) is 2. The molecule has 0 spiro atoms. The second kappa shape index (κ2) is 6.10. The third-order valence-corrected chi connectivity index (χ3v) is 4.82. The molecule has 1 aliphatic heterocycles. The molecule has 4 heterocycles. The lowest BCUT2D eigenvalue weighted by molar-refractivity contribution is 0.120. The van der Waals surface area contributed by atoms with Gasteiger partial charge in [-0.25, -0.2) is 4.98 Å². The van der Waals surface area contributed by atoms with Crippen LogP contribution in [0, 0.1) is 0 Å². The first kappa shape index (κ1) is 14.3. The average molecular weight is 328 g/mol. The Bertz CT molecular complexity index is 869. The molecule has 1 atom stereocenters. The Morgan fingerprint density at radius 1 is 1.43 bits per heavy atom. The summed E-state index contributed by atoms with van der Waals surface area (Å²) in [6, 6.07) is 5.80. The van der Waals surface area contributed by atoms with Gasteiger partial charge in [-0.15, -0.1) is 11.3 Å². The summed E-state index contributed by atoms with van der Waals surface area (Å²) in [6.07, 6.45) is 3.99. The summed E-state index contributed by atoms with van der Waals surface area (Å²) in [5, 5.41) is 5.66. The van der Waals surface area contributed by atoms with Crippen LogP contribution in [0.3, 0.4) is 0 Å². The summed E-state index contributed by atoms with van der Waals surface area (Å²) in [6.45, 7) is 1.44. The van der Waals surface area contributed by atoms with Crippen LogP contribution < -0.4 is 10.9 Å². The summed E-state index contributed by atoms with van der Waals surface area (Å²) in [5.74, 6) is 0.439. The van der Waals surface area contributed by atoms with Crippen LogP contribution in [0.5, 0.6) is 0 Å². The smallest absolute Gasteiger partial charge is 0.262 e. The standard InChI is InChI=1S/C16H16N4O2S/c21-15-13-11(12-4-2-8-23-12)5-6-17-14(13)19-16(20-15)18-9-10-3-1-7-22-10/h2,4-6,8,10H,1,3,7,9H2,(H2,17,18,19,20,21). The van der Waals surface area contributed by atoms with Crippen LogP contribution in [0.1, 0.15) is 12.8 Å². The van der Waals surface area contributed by atoms with Crippen LogP contribution in [-0.2, 0) is 4.74 Å². The molecular formula is C16H16N4O2S. The fourth-order valence-electron chi connectivity index (χ4n) is 2.80. The Morgan fingerprint density at radius 2 is 2.39 bits per heavy atom. The molecule has 0 radical (unpaired) electrons. The van der Waals surface area contributed by atoms with Crippen LogP contribution in [-0.4, -0.2) is 34.2 Å². The second-order valence-electron chi connectivity index (χ2n) is 5.46. The molecule has 6 nitrogen and oxygen atoms in total. The zero-order valence-corrected chi connectivity index (χ0v) is 13.2. The van der Waals surface area contributed by atoms with Crippen LogP contribution in [0.2, 0.25) is 0 Å². The molecule has 1 fully saturated rings. The number of aromatic nitrogens is 3. The van der Waals surface area contributed by atoms with Crippen molar-refractivity contribution in [3.63, 3.8) is 0 Å². The molecule has 1 aliphatic rings. The molecular weight excluding hydrogens is 312 g/mol. The van der Waals surface area contributed by atoms with Gasteiger partial charge in [0.05, 0.1) is 11.5 Å². The fourth-order valence-corrected chi connectivity index (χ4v) is 3.56. The maximum Gasteiger partial charge on any atom is 0.262 e. The van der Waals surface area contributed by atoms with Gasteiger partial charge in [-0.1, -0.05) is 6.07 Å². The fraction of sp³-hybridized carbons (Fsp3) is 0.312. The molecule has 0 aliphatic carbocycles. The van der Waals surface area contributed by atoms with Gasteiger partial charge in [0.25, 0.3) is 5.56 Å². The number of thiophene rings is 1.